The lowest BCUT2D eigenvalue weighted by Gasteiger charge is -2.28. The number of sulfonamides is 1. The monoisotopic (exact) mass is 598 g/mol. The number of carbonyl (C=O) groups excluding carboxylic acids is 1. The van der Waals surface area contributed by atoms with E-state index >= 15 is 0 Å². The Morgan fingerprint density at radius 1 is 0.902 bits per heavy atom. The molecule has 4 rings (SSSR count). The average molecular weight is 599 g/mol. The number of nitrogens with zero attached hydrogens (tertiary/aromatic N) is 6. The van der Waals surface area contributed by atoms with Gasteiger partial charge in [-0.2, -0.15) is 4.31 Å². The van der Waals surface area contributed by atoms with Gasteiger partial charge in [-0.25, -0.2) is 8.42 Å². The highest BCUT2D eigenvalue weighted by molar-refractivity contribution is 7.89. The van der Waals surface area contributed by atoms with Crippen LogP contribution in [-0.4, -0.2) is 97.5 Å². The maximum atomic E-state index is 13.6. The number of aryl methyl sites for hydroxylation is 1. The number of aromatic nitrogens is 2. The van der Waals surface area contributed by atoms with Crippen molar-refractivity contribution in [2.45, 2.75) is 32.1 Å². The fraction of sp³-hybridized carbons (Fsp3) is 0.433. The molecule has 1 amide bonds. The molecule has 0 saturated carbocycles. The van der Waals surface area contributed by atoms with Gasteiger partial charge in [0.2, 0.25) is 15.9 Å². The summed E-state index contributed by atoms with van der Waals surface area (Å²) in [6.07, 6.45) is 0.740. The summed E-state index contributed by atoms with van der Waals surface area (Å²) in [7, 11) is -3.84. The second kappa shape index (κ2) is 14.2. The van der Waals surface area contributed by atoms with Crippen molar-refractivity contribution in [1.29, 1.82) is 0 Å². The second-order valence-electron chi connectivity index (χ2n) is 10.2. The van der Waals surface area contributed by atoms with E-state index in [-0.39, 0.29) is 23.9 Å². The first-order chi connectivity index (χ1) is 19.7. The predicted molar refractivity (Wildman–Crippen MR) is 164 cm³/mol. The maximum absolute atomic E-state index is 13.6. The van der Waals surface area contributed by atoms with Crippen LogP contribution in [0.15, 0.2) is 65.6 Å². The van der Waals surface area contributed by atoms with E-state index in [1.807, 2.05) is 57.2 Å². The molecule has 0 atom stereocenters. The Morgan fingerprint density at radius 2 is 1.63 bits per heavy atom. The highest BCUT2D eigenvalue weighted by Crippen LogP contribution is 2.26. The first-order valence-corrected chi connectivity index (χ1v) is 15.9. The smallest absolute Gasteiger partial charge is 0.243 e. The molecule has 1 saturated heterocycles. The van der Waals surface area contributed by atoms with E-state index < -0.39 is 10.0 Å². The number of likely N-dealkylation sites (N-methyl/N-ethyl adjacent to an activating group) is 1. The van der Waals surface area contributed by atoms with Crippen LogP contribution < -0.4 is 4.90 Å². The van der Waals surface area contributed by atoms with Gasteiger partial charge in [0, 0.05) is 44.8 Å². The van der Waals surface area contributed by atoms with Gasteiger partial charge in [0.15, 0.2) is 5.82 Å². The number of benzene rings is 2. The number of anilines is 1. The topological polar surface area (TPSA) is 89.9 Å². The van der Waals surface area contributed by atoms with Crippen LogP contribution in [0, 0.1) is 6.92 Å². The van der Waals surface area contributed by atoms with Crippen LogP contribution in [0.5, 0.6) is 0 Å². The normalized spacial score (nSPS) is 14.5. The number of carbonyl (C=O) groups is 1. The Bertz CT molecular complexity index is 1400. The molecule has 0 unspecified atom stereocenters. The molecule has 1 aliphatic rings. The summed E-state index contributed by atoms with van der Waals surface area (Å²) in [6, 6.07) is 18.1. The fourth-order valence-corrected chi connectivity index (χ4v) is 6.50. The largest absolute Gasteiger partial charge is 0.353 e. The van der Waals surface area contributed by atoms with Crippen LogP contribution in [0.1, 0.15) is 25.8 Å². The molecule has 2 heterocycles. The van der Waals surface area contributed by atoms with E-state index in [0.29, 0.717) is 36.9 Å². The summed E-state index contributed by atoms with van der Waals surface area (Å²) in [5.74, 6) is 0.542. The van der Waals surface area contributed by atoms with Crippen molar-refractivity contribution < 1.29 is 13.2 Å². The fourth-order valence-electron chi connectivity index (χ4n) is 4.89. The molecule has 1 fully saturated rings. The zero-order valence-electron chi connectivity index (χ0n) is 24.0. The quantitative estimate of drug-likeness (QED) is 0.327. The second-order valence-corrected chi connectivity index (χ2v) is 12.5. The average Bonchev–Trinajstić information content (AvgIpc) is 3.24. The van der Waals surface area contributed by atoms with Crippen LogP contribution in [0.3, 0.4) is 0 Å². The third-order valence-corrected chi connectivity index (χ3v) is 9.69. The summed E-state index contributed by atoms with van der Waals surface area (Å²) >= 11 is 6.31. The van der Waals surface area contributed by atoms with E-state index in [9.17, 15) is 13.2 Å². The Balaban J connectivity index is 1.44. The van der Waals surface area contributed by atoms with E-state index in [0.717, 1.165) is 43.0 Å². The molecule has 0 N–H and O–H groups in total. The van der Waals surface area contributed by atoms with Crippen molar-refractivity contribution in [2.75, 3.05) is 63.8 Å². The summed E-state index contributed by atoms with van der Waals surface area (Å²) in [6.45, 7) is 10.6. The molecular weight excluding hydrogens is 560 g/mol. The van der Waals surface area contributed by atoms with E-state index in [1.54, 1.807) is 29.2 Å². The van der Waals surface area contributed by atoms with Crippen LogP contribution >= 0.6 is 11.6 Å². The number of hydrogen-bond acceptors (Lipinski definition) is 7. The predicted octanol–water partition coefficient (Wildman–Crippen LogP) is 4.18. The molecule has 0 bridgehead atoms. The minimum Gasteiger partial charge on any atom is -0.353 e. The van der Waals surface area contributed by atoms with Gasteiger partial charge in [-0.1, -0.05) is 61.3 Å². The highest BCUT2D eigenvalue weighted by atomic mass is 35.5. The lowest BCUT2D eigenvalue weighted by molar-refractivity contribution is -0.131. The maximum Gasteiger partial charge on any atom is 0.243 e. The van der Waals surface area contributed by atoms with Crippen molar-refractivity contribution in [1.82, 2.24) is 24.3 Å². The molecule has 3 aromatic rings. The number of amides is 1. The summed E-state index contributed by atoms with van der Waals surface area (Å²) in [4.78, 5) is 19.7. The van der Waals surface area contributed by atoms with Gasteiger partial charge in [0.05, 0.1) is 22.2 Å². The molecule has 1 aliphatic heterocycles. The van der Waals surface area contributed by atoms with Crippen molar-refractivity contribution in [3.8, 4) is 11.3 Å². The van der Waals surface area contributed by atoms with E-state index in [4.69, 9.17) is 11.6 Å². The highest BCUT2D eigenvalue weighted by Gasteiger charge is 2.29. The Labute approximate surface area is 248 Å². The zero-order valence-corrected chi connectivity index (χ0v) is 25.6. The molecule has 41 heavy (non-hydrogen) atoms. The minimum atomic E-state index is -3.84. The van der Waals surface area contributed by atoms with Crippen LogP contribution in [0.4, 0.5) is 5.82 Å². The van der Waals surface area contributed by atoms with Crippen molar-refractivity contribution in [3.63, 3.8) is 0 Å². The molecule has 0 aliphatic carbocycles. The SMILES string of the molecule is CCN(CC)CCN(CC(=O)N1CCCN(c2ccc(-c3ccccc3Cl)nn2)CC1)S(=O)(=O)c1ccc(C)cc1. The first-order valence-electron chi connectivity index (χ1n) is 14.1. The molecule has 220 valence electrons. The Kier molecular flexibility index (Phi) is 10.7. The molecule has 9 nitrogen and oxygen atoms in total. The van der Waals surface area contributed by atoms with Gasteiger partial charge in [-0.05, 0) is 56.8 Å². The van der Waals surface area contributed by atoms with Crippen molar-refractivity contribution in [3.05, 3.63) is 71.2 Å². The lowest BCUT2D eigenvalue weighted by Crippen LogP contribution is -2.46. The molecule has 11 heteroatoms. The Hall–Kier alpha value is -3.05. The van der Waals surface area contributed by atoms with Crippen molar-refractivity contribution >= 4 is 33.3 Å². The minimum absolute atomic E-state index is 0.191. The zero-order chi connectivity index (χ0) is 29.4. The summed E-state index contributed by atoms with van der Waals surface area (Å²) in [5.41, 5.74) is 2.50. The number of rotatable bonds is 11. The van der Waals surface area contributed by atoms with Crippen molar-refractivity contribution in [2.24, 2.45) is 0 Å². The van der Waals surface area contributed by atoms with E-state index in [2.05, 4.69) is 20.0 Å². The third-order valence-electron chi connectivity index (χ3n) is 7.50. The number of halogens is 1. The van der Waals surface area contributed by atoms with Gasteiger partial charge in [-0.3, -0.25) is 4.79 Å². The van der Waals surface area contributed by atoms with Gasteiger partial charge in [0.25, 0.3) is 0 Å². The third kappa shape index (κ3) is 7.82. The first kappa shape index (κ1) is 30.9. The van der Waals surface area contributed by atoms with Gasteiger partial charge in [-0.15, -0.1) is 10.2 Å². The standard InChI is InChI=1S/C30H39ClN6O3S/c1-4-34(5-2)19-22-37(41(39,40)25-13-11-24(3)12-14-25)23-30(38)36-18-8-17-35(20-21-36)29-16-15-28(32-33-29)26-9-6-7-10-27(26)31/h6-7,9-16H,4-5,8,17-23H2,1-3H3. The molecule has 0 radical (unpaired) electrons. The Morgan fingerprint density at radius 3 is 2.29 bits per heavy atom. The number of hydrogen-bond donors (Lipinski definition) is 0. The van der Waals surface area contributed by atoms with E-state index in [1.165, 1.54) is 4.31 Å². The molecule has 0 spiro atoms. The summed E-state index contributed by atoms with van der Waals surface area (Å²) < 4.78 is 28.6. The van der Waals surface area contributed by atoms with Gasteiger partial charge < -0.3 is 14.7 Å². The molecule has 2 aromatic carbocycles. The van der Waals surface area contributed by atoms with Crippen LogP contribution in [0.25, 0.3) is 11.3 Å². The molecular formula is C30H39ClN6O3S. The van der Waals surface area contributed by atoms with Crippen LogP contribution in [-0.2, 0) is 14.8 Å². The van der Waals surface area contributed by atoms with Crippen LogP contribution in [0.2, 0.25) is 5.02 Å². The molecule has 1 aromatic heterocycles. The van der Waals surface area contributed by atoms with Gasteiger partial charge >= 0.3 is 0 Å². The lowest BCUT2D eigenvalue weighted by atomic mass is 10.1. The summed E-state index contributed by atoms with van der Waals surface area (Å²) in [5, 5.41) is 9.43. The van der Waals surface area contributed by atoms with Gasteiger partial charge in [0.1, 0.15) is 0 Å².